The maximum Gasteiger partial charge on any atom is 0.341 e. The highest BCUT2D eigenvalue weighted by atomic mass is 35.5. The fraction of sp³-hybridized carbons (Fsp3) is 0.391. The molecule has 1 fully saturated rings. The number of benzene rings is 2. The molecule has 0 radical (unpaired) electrons. The van der Waals surface area contributed by atoms with E-state index in [0.717, 1.165) is 11.1 Å². The van der Waals surface area contributed by atoms with Gasteiger partial charge < -0.3 is 19.9 Å². The molecule has 3 atom stereocenters. The monoisotopic (exact) mass is 465 g/mol. The molecule has 2 N–H and O–H groups in total. The summed E-state index contributed by atoms with van der Waals surface area (Å²) in [4.78, 5) is 23.0. The summed E-state index contributed by atoms with van der Waals surface area (Å²) in [6.07, 6.45) is 0.239. The van der Waals surface area contributed by atoms with Crippen molar-refractivity contribution in [3.8, 4) is 5.75 Å². The van der Waals surface area contributed by atoms with Crippen LogP contribution in [0.3, 0.4) is 0 Å². The Kier molecular flexibility index (Phi) is 7.14. The van der Waals surface area contributed by atoms with E-state index in [-0.39, 0.29) is 12.0 Å². The zero-order valence-electron chi connectivity index (χ0n) is 17.6. The molecule has 0 unspecified atom stereocenters. The number of rotatable bonds is 6. The molecule has 8 heteroatoms. The first-order chi connectivity index (χ1) is 14.6. The zero-order valence-corrected chi connectivity index (χ0v) is 19.1. The van der Waals surface area contributed by atoms with Gasteiger partial charge in [-0.15, -0.1) is 0 Å². The van der Waals surface area contributed by atoms with E-state index in [4.69, 9.17) is 37.8 Å². The van der Waals surface area contributed by atoms with E-state index >= 15 is 0 Å². The van der Waals surface area contributed by atoms with Crippen molar-refractivity contribution >= 4 is 35.1 Å². The Morgan fingerprint density at radius 3 is 2.45 bits per heavy atom. The van der Waals surface area contributed by atoms with Crippen molar-refractivity contribution in [3.63, 3.8) is 0 Å². The maximum atomic E-state index is 11.9. The Balaban J connectivity index is 2.01. The molecular formula is C23H25Cl2NO5. The number of nitrogens with one attached hydrogen (secondary N) is 1. The summed E-state index contributed by atoms with van der Waals surface area (Å²) < 4.78 is 12.0. The van der Waals surface area contributed by atoms with Crippen LogP contribution in [0.4, 0.5) is 0 Å². The largest absolute Gasteiger partial charge is 0.482 e. The average Bonchev–Trinajstić information content (AvgIpc) is 2.67. The summed E-state index contributed by atoms with van der Waals surface area (Å²) in [6, 6.07) is 10.8. The number of carbonyl (C=O) groups excluding carboxylic acids is 1. The number of hydrogen-bond donors (Lipinski definition) is 2. The van der Waals surface area contributed by atoms with E-state index in [1.165, 1.54) is 6.92 Å². The summed E-state index contributed by atoms with van der Waals surface area (Å²) in [5.74, 6) is -0.816. The molecule has 1 saturated heterocycles. The van der Waals surface area contributed by atoms with Gasteiger partial charge in [0.2, 0.25) is 5.91 Å². The van der Waals surface area contributed by atoms with Gasteiger partial charge in [0.05, 0.1) is 12.2 Å². The second-order valence-corrected chi connectivity index (χ2v) is 8.98. The molecule has 1 aliphatic heterocycles. The van der Waals surface area contributed by atoms with Gasteiger partial charge in [-0.1, -0.05) is 35.3 Å². The molecule has 1 heterocycles. The minimum absolute atomic E-state index is 0.137. The number of carbonyl (C=O) groups is 2. The summed E-state index contributed by atoms with van der Waals surface area (Å²) in [5, 5.41) is 13.3. The van der Waals surface area contributed by atoms with Crippen LogP contribution < -0.4 is 10.1 Å². The van der Waals surface area contributed by atoms with Crippen molar-refractivity contribution in [3.05, 3.63) is 63.1 Å². The standard InChI is InChI=1S/C23H25Cl2NO5/c1-13-8-19(30-12-22(28)29)17(9-18(13)25)21-11-23(3,26-14(2)27)10-20(31-21)15-4-6-16(24)7-5-15/h4-9,20-21H,10-12H2,1-3H3,(H,26,27)(H,28,29)/t20-,21+,23-/m0/s1. The third kappa shape index (κ3) is 5.91. The van der Waals surface area contributed by atoms with Crippen LogP contribution in [0.15, 0.2) is 36.4 Å². The van der Waals surface area contributed by atoms with Gasteiger partial charge in [-0.05, 0) is 49.2 Å². The van der Waals surface area contributed by atoms with Crippen LogP contribution in [-0.4, -0.2) is 29.1 Å². The van der Waals surface area contributed by atoms with Gasteiger partial charge >= 0.3 is 5.97 Å². The van der Waals surface area contributed by atoms with Crippen LogP contribution in [0.2, 0.25) is 10.0 Å². The first-order valence-corrected chi connectivity index (χ1v) is 10.7. The number of carboxylic acids is 1. The number of aryl methyl sites for hydroxylation is 1. The van der Waals surface area contributed by atoms with E-state index in [9.17, 15) is 9.59 Å². The van der Waals surface area contributed by atoms with Crippen LogP contribution in [0.25, 0.3) is 0 Å². The molecule has 6 nitrogen and oxygen atoms in total. The van der Waals surface area contributed by atoms with Crippen LogP contribution in [-0.2, 0) is 14.3 Å². The fourth-order valence-corrected chi connectivity index (χ4v) is 4.26. The third-order valence-corrected chi connectivity index (χ3v) is 5.97. The van der Waals surface area contributed by atoms with Crippen LogP contribution in [0, 0.1) is 6.92 Å². The Labute approximate surface area is 191 Å². The molecule has 2 aromatic rings. The number of aliphatic carboxylic acids is 1. The second kappa shape index (κ2) is 9.47. The zero-order chi connectivity index (χ0) is 22.8. The minimum Gasteiger partial charge on any atom is -0.482 e. The molecule has 0 spiro atoms. The first kappa shape index (κ1) is 23.4. The topological polar surface area (TPSA) is 84.9 Å². The SMILES string of the molecule is CC(=O)N[C@@]1(C)C[C@@H](c2ccc(Cl)cc2)O[C@@H](c2cc(Cl)c(C)cc2OCC(=O)O)C1. The molecule has 0 aliphatic carbocycles. The van der Waals surface area contributed by atoms with Crippen molar-refractivity contribution in [1.29, 1.82) is 0 Å². The van der Waals surface area contributed by atoms with Gasteiger partial charge in [-0.2, -0.15) is 0 Å². The summed E-state index contributed by atoms with van der Waals surface area (Å²) in [7, 11) is 0. The maximum absolute atomic E-state index is 11.9. The van der Waals surface area contributed by atoms with Gasteiger partial charge in [0.15, 0.2) is 6.61 Å². The lowest BCUT2D eigenvalue weighted by Gasteiger charge is -2.43. The lowest BCUT2D eigenvalue weighted by Crippen LogP contribution is -2.50. The summed E-state index contributed by atoms with van der Waals surface area (Å²) >= 11 is 12.4. The second-order valence-electron chi connectivity index (χ2n) is 8.14. The Morgan fingerprint density at radius 2 is 1.84 bits per heavy atom. The fourth-order valence-electron chi connectivity index (χ4n) is 3.97. The Morgan fingerprint density at radius 1 is 1.19 bits per heavy atom. The molecule has 1 amide bonds. The van der Waals surface area contributed by atoms with Crippen LogP contribution in [0.1, 0.15) is 55.6 Å². The van der Waals surface area contributed by atoms with Crippen molar-refractivity contribution in [2.75, 3.05) is 6.61 Å². The predicted octanol–water partition coefficient (Wildman–Crippen LogP) is 5.25. The molecule has 0 aromatic heterocycles. The molecule has 1 aliphatic rings. The number of hydrogen-bond acceptors (Lipinski definition) is 4. The Bertz CT molecular complexity index is 979. The smallest absolute Gasteiger partial charge is 0.341 e. The first-order valence-electron chi connectivity index (χ1n) is 9.90. The van der Waals surface area contributed by atoms with Gasteiger partial charge in [-0.25, -0.2) is 4.79 Å². The van der Waals surface area contributed by atoms with Crippen molar-refractivity contribution < 1.29 is 24.2 Å². The van der Waals surface area contributed by atoms with Gasteiger partial charge in [0.25, 0.3) is 0 Å². The van der Waals surface area contributed by atoms with E-state index in [1.54, 1.807) is 24.3 Å². The molecule has 0 bridgehead atoms. The number of amides is 1. The molecule has 3 rings (SSSR count). The number of ether oxygens (including phenoxy) is 2. The quantitative estimate of drug-likeness (QED) is 0.607. The lowest BCUT2D eigenvalue weighted by atomic mass is 9.81. The van der Waals surface area contributed by atoms with Crippen LogP contribution >= 0.6 is 23.2 Å². The van der Waals surface area contributed by atoms with Crippen molar-refractivity contribution in [2.24, 2.45) is 0 Å². The van der Waals surface area contributed by atoms with Crippen LogP contribution in [0.5, 0.6) is 5.75 Å². The molecule has 166 valence electrons. The normalized spacial score (nSPS) is 23.3. The highest BCUT2D eigenvalue weighted by Gasteiger charge is 2.41. The van der Waals surface area contributed by atoms with Crippen molar-refractivity contribution in [1.82, 2.24) is 5.32 Å². The van der Waals surface area contributed by atoms with E-state index in [0.29, 0.717) is 34.2 Å². The number of carboxylic acid groups (broad SMARTS) is 1. The number of halogens is 2. The van der Waals surface area contributed by atoms with Crippen molar-refractivity contribution in [2.45, 2.75) is 51.4 Å². The molecule has 31 heavy (non-hydrogen) atoms. The average molecular weight is 466 g/mol. The van der Waals surface area contributed by atoms with E-state index in [2.05, 4.69) is 5.32 Å². The Hall–Kier alpha value is -2.28. The minimum atomic E-state index is -1.08. The molecular weight excluding hydrogens is 441 g/mol. The van der Waals surface area contributed by atoms with E-state index < -0.39 is 24.2 Å². The lowest BCUT2D eigenvalue weighted by molar-refractivity contribution is -0.139. The molecule has 0 saturated carbocycles. The third-order valence-electron chi connectivity index (χ3n) is 5.31. The van der Waals surface area contributed by atoms with E-state index in [1.807, 2.05) is 26.0 Å². The summed E-state index contributed by atoms with van der Waals surface area (Å²) in [6.45, 7) is 4.79. The predicted molar refractivity (Wildman–Crippen MR) is 119 cm³/mol. The summed E-state index contributed by atoms with van der Waals surface area (Å²) in [5.41, 5.74) is 1.78. The van der Waals surface area contributed by atoms with Gasteiger partial charge in [0, 0.05) is 40.9 Å². The van der Waals surface area contributed by atoms with Gasteiger partial charge in [-0.3, -0.25) is 4.79 Å². The molecule has 2 aromatic carbocycles. The van der Waals surface area contributed by atoms with Gasteiger partial charge in [0.1, 0.15) is 5.75 Å². The highest BCUT2D eigenvalue weighted by molar-refractivity contribution is 6.31. The highest BCUT2D eigenvalue weighted by Crippen LogP contribution is 2.46.